The van der Waals surface area contributed by atoms with E-state index in [4.69, 9.17) is 4.52 Å². The molecule has 2 fully saturated rings. The number of carbonyl (C=O) groups excluding carboxylic acids is 1. The van der Waals surface area contributed by atoms with Crippen LogP contribution in [-0.4, -0.2) is 40.6 Å². The summed E-state index contributed by atoms with van der Waals surface area (Å²) < 4.78 is 5.16. The van der Waals surface area contributed by atoms with Crippen molar-refractivity contribution in [3.63, 3.8) is 0 Å². The first-order chi connectivity index (χ1) is 8.34. The highest BCUT2D eigenvalue weighted by Crippen LogP contribution is 2.21. The van der Waals surface area contributed by atoms with Crippen molar-refractivity contribution in [3.05, 3.63) is 11.7 Å². The van der Waals surface area contributed by atoms with Crippen molar-refractivity contribution in [2.75, 3.05) is 19.6 Å². The Balaban J connectivity index is 1.72. The maximum atomic E-state index is 12.0. The monoisotopic (exact) mass is 236 g/mol. The summed E-state index contributed by atoms with van der Waals surface area (Å²) in [6.45, 7) is 2.59. The van der Waals surface area contributed by atoms with E-state index in [-0.39, 0.29) is 17.8 Å². The van der Waals surface area contributed by atoms with Gasteiger partial charge in [0.15, 0.2) is 0 Å². The number of hydrogen-bond donors (Lipinski definition) is 1. The van der Waals surface area contributed by atoms with E-state index < -0.39 is 0 Å². The molecule has 0 aromatic carbocycles. The SMILES string of the molecule is O=C(c1noc(C2CCCN2)n1)N1CCCC1. The second-order valence-corrected chi connectivity index (χ2v) is 4.60. The molecule has 0 saturated carbocycles. The van der Waals surface area contributed by atoms with E-state index in [2.05, 4.69) is 15.5 Å². The van der Waals surface area contributed by atoms with Crippen LogP contribution in [-0.2, 0) is 0 Å². The van der Waals surface area contributed by atoms with Crippen LogP contribution in [0.2, 0.25) is 0 Å². The van der Waals surface area contributed by atoms with Gasteiger partial charge in [0.1, 0.15) is 0 Å². The maximum Gasteiger partial charge on any atom is 0.295 e. The maximum absolute atomic E-state index is 12.0. The molecule has 17 heavy (non-hydrogen) atoms. The van der Waals surface area contributed by atoms with Crippen molar-refractivity contribution in [1.29, 1.82) is 0 Å². The van der Waals surface area contributed by atoms with E-state index in [1.165, 1.54) is 0 Å². The highest BCUT2D eigenvalue weighted by molar-refractivity contribution is 5.90. The van der Waals surface area contributed by atoms with Gasteiger partial charge >= 0.3 is 0 Å². The Morgan fingerprint density at radius 3 is 2.88 bits per heavy atom. The second-order valence-electron chi connectivity index (χ2n) is 4.60. The lowest BCUT2D eigenvalue weighted by atomic mass is 10.2. The van der Waals surface area contributed by atoms with Gasteiger partial charge < -0.3 is 14.7 Å². The highest BCUT2D eigenvalue weighted by atomic mass is 16.5. The summed E-state index contributed by atoms with van der Waals surface area (Å²) in [7, 11) is 0. The van der Waals surface area contributed by atoms with Crippen LogP contribution in [0.4, 0.5) is 0 Å². The molecule has 6 nitrogen and oxygen atoms in total. The van der Waals surface area contributed by atoms with Crippen LogP contribution in [0.1, 0.15) is 48.2 Å². The standard InChI is InChI=1S/C11H16N4O2/c16-11(15-6-1-2-7-15)9-13-10(17-14-9)8-4-3-5-12-8/h8,12H,1-7H2. The normalized spacial score (nSPS) is 24.5. The van der Waals surface area contributed by atoms with Gasteiger partial charge in [-0.15, -0.1) is 0 Å². The number of nitrogens with one attached hydrogen (secondary N) is 1. The predicted molar refractivity (Wildman–Crippen MR) is 59.4 cm³/mol. The van der Waals surface area contributed by atoms with Crippen LogP contribution in [0.15, 0.2) is 4.52 Å². The van der Waals surface area contributed by atoms with Crippen LogP contribution in [0, 0.1) is 0 Å². The first-order valence-corrected chi connectivity index (χ1v) is 6.21. The Kier molecular flexibility index (Phi) is 2.80. The van der Waals surface area contributed by atoms with Gasteiger partial charge in [-0.25, -0.2) is 0 Å². The fourth-order valence-electron chi connectivity index (χ4n) is 2.42. The van der Waals surface area contributed by atoms with Crippen LogP contribution >= 0.6 is 0 Å². The zero-order valence-corrected chi connectivity index (χ0v) is 9.69. The molecule has 1 N–H and O–H groups in total. The molecule has 0 bridgehead atoms. The number of nitrogens with zero attached hydrogens (tertiary/aromatic N) is 3. The third-order valence-electron chi connectivity index (χ3n) is 3.38. The molecule has 0 aliphatic carbocycles. The number of carbonyl (C=O) groups is 1. The first kappa shape index (κ1) is 10.7. The molecule has 2 aliphatic rings. The summed E-state index contributed by atoms with van der Waals surface area (Å²) >= 11 is 0. The van der Waals surface area contributed by atoms with Crippen LogP contribution < -0.4 is 5.32 Å². The Bertz CT molecular complexity index is 405. The zero-order chi connectivity index (χ0) is 11.7. The largest absolute Gasteiger partial charge is 0.337 e. The Morgan fingerprint density at radius 2 is 2.18 bits per heavy atom. The summed E-state index contributed by atoms with van der Waals surface area (Å²) in [5.74, 6) is 0.649. The lowest BCUT2D eigenvalue weighted by Gasteiger charge is -2.11. The summed E-state index contributed by atoms with van der Waals surface area (Å²) in [4.78, 5) is 18.0. The third-order valence-corrected chi connectivity index (χ3v) is 3.38. The molecule has 2 aliphatic heterocycles. The molecule has 2 saturated heterocycles. The van der Waals surface area contributed by atoms with E-state index in [0.717, 1.165) is 45.3 Å². The van der Waals surface area contributed by atoms with Crippen molar-refractivity contribution >= 4 is 5.91 Å². The molecule has 1 aromatic heterocycles. The highest BCUT2D eigenvalue weighted by Gasteiger charge is 2.27. The molecule has 6 heteroatoms. The van der Waals surface area contributed by atoms with Crippen molar-refractivity contribution in [1.82, 2.24) is 20.4 Å². The number of hydrogen-bond acceptors (Lipinski definition) is 5. The lowest BCUT2D eigenvalue weighted by Crippen LogP contribution is -2.28. The fourth-order valence-corrected chi connectivity index (χ4v) is 2.42. The smallest absolute Gasteiger partial charge is 0.295 e. The van der Waals surface area contributed by atoms with Crippen LogP contribution in [0.25, 0.3) is 0 Å². The number of rotatable bonds is 2. The van der Waals surface area contributed by atoms with Gasteiger partial charge in [0.25, 0.3) is 11.7 Å². The minimum atomic E-state index is -0.101. The van der Waals surface area contributed by atoms with Gasteiger partial charge in [0.2, 0.25) is 5.89 Å². The van der Waals surface area contributed by atoms with Crippen molar-refractivity contribution < 1.29 is 9.32 Å². The fraction of sp³-hybridized carbons (Fsp3) is 0.727. The molecule has 3 heterocycles. The first-order valence-electron chi connectivity index (χ1n) is 6.21. The summed E-state index contributed by atoms with van der Waals surface area (Å²) in [6.07, 6.45) is 4.25. The van der Waals surface area contributed by atoms with E-state index in [1.807, 2.05) is 0 Å². The van der Waals surface area contributed by atoms with Gasteiger partial charge in [-0.05, 0) is 32.2 Å². The van der Waals surface area contributed by atoms with Gasteiger partial charge in [0, 0.05) is 13.1 Å². The zero-order valence-electron chi connectivity index (χ0n) is 9.69. The average molecular weight is 236 g/mol. The van der Waals surface area contributed by atoms with E-state index in [9.17, 15) is 4.79 Å². The minimum absolute atomic E-state index is 0.101. The molecule has 1 amide bonds. The van der Waals surface area contributed by atoms with Gasteiger partial charge in [0.05, 0.1) is 6.04 Å². The van der Waals surface area contributed by atoms with E-state index in [1.54, 1.807) is 4.90 Å². The molecule has 1 aromatic rings. The number of aromatic nitrogens is 2. The average Bonchev–Trinajstić information content (AvgIpc) is 3.09. The number of likely N-dealkylation sites (tertiary alicyclic amines) is 1. The summed E-state index contributed by atoms with van der Waals surface area (Å²) in [5, 5.41) is 7.06. The molecular weight excluding hydrogens is 220 g/mol. The molecular formula is C11H16N4O2. The topological polar surface area (TPSA) is 71.3 Å². The Labute approximate surface area is 99.4 Å². The third kappa shape index (κ3) is 2.04. The van der Waals surface area contributed by atoms with E-state index >= 15 is 0 Å². The van der Waals surface area contributed by atoms with Crippen molar-refractivity contribution in [2.45, 2.75) is 31.7 Å². The molecule has 1 unspecified atom stereocenters. The Hall–Kier alpha value is -1.43. The Morgan fingerprint density at radius 1 is 1.35 bits per heavy atom. The number of amides is 1. The molecule has 3 rings (SSSR count). The quantitative estimate of drug-likeness (QED) is 0.819. The van der Waals surface area contributed by atoms with Crippen molar-refractivity contribution in [2.24, 2.45) is 0 Å². The minimum Gasteiger partial charge on any atom is -0.337 e. The molecule has 0 radical (unpaired) electrons. The van der Waals surface area contributed by atoms with Crippen LogP contribution in [0.3, 0.4) is 0 Å². The van der Waals surface area contributed by atoms with Gasteiger partial charge in [-0.1, -0.05) is 5.16 Å². The predicted octanol–water partition coefficient (Wildman–Crippen LogP) is 0.730. The summed E-state index contributed by atoms with van der Waals surface area (Å²) in [6, 6.07) is 0.127. The molecule has 0 spiro atoms. The van der Waals surface area contributed by atoms with E-state index in [0.29, 0.717) is 5.89 Å². The lowest BCUT2D eigenvalue weighted by molar-refractivity contribution is 0.0777. The molecule has 92 valence electrons. The molecule has 1 atom stereocenters. The summed E-state index contributed by atoms with van der Waals surface area (Å²) in [5.41, 5.74) is 0. The van der Waals surface area contributed by atoms with Gasteiger partial charge in [-0.2, -0.15) is 4.98 Å². The van der Waals surface area contributed by atoms with Gasteiger partial charge in [-0.3, -0.25) is 4.79 Å². The van der Waals surface area contributed by atoms with Crippen molar-refractivity contribution in [3.8, 4) is 0 Å². The van der Waals surface area contributed by atoms with Crippen LogP contribution in [0.5, 0.6) is 0 Å². The second kappa shape index (κ2) is 4.44.